The highest BCUT2D eigenvalue weighted by Crippen LogP contribution is 2.33. The number of anilines is 1. The van der Waals surface area contributed by atoms with Crippen molar-refractivity contribution in [2.24, 2.45) is 5.89 Å². The van der Waals surface area contributed by atoms with Gasteiger partial charge in [-0.1, -0.05) is 29.3 Å². The third kappa shape index (κ3) is 5.66. The van der Waals surface area contributed by atoms with Crippen LogP contribution in [-0.2, 0) is 0 Å². The fourth-order valence-electron chi connectivity index (χ4n) is 1.91. The van der Waals surface area contributed by atoms with Gasteiger partial charge in [0.2, 0.25) is 0 Å². The number of amides is 2. The van der Waals surface area contributed by atoms with Gasteiger partial charge in [0.1, 0.15) is 0 Å². The van der Waals surface area contributed by atoms with Crippen molar-refractivity contribution in [1.29, 1.82) is 0 Å². The molecule has 1 saturated carbocycles. The molecule has 0 spiro atoms. The number of nitrogens with zero attached hydrogens (tertiary/aromatic N) is 2. The van der Waals surface area contributed by atoms with E-state index in [1.165, 1.54) is 16.7 Å². The number of benzene rings is 1. The maximum Gasteiger partial charge on any atom is 0.314 e. The highest BCUT2D eigenvalue weighted by Gasteiger charge is 2.24. The Morgan fingerprint density at radius 1 is 1.30 bits per heavy atom. The lowest BCUT2D eigenvalue weighted by Gasteiger charge is -2.37. The first-order chi connectivity index (χ1) is 21.7. The molecule has 27 heavy (non-hydrogen) atoms. The Hall–Kier alpha value is -1.17. The van der Waals surface area contributed by atoms with Gasteiger partial charge in [-0.2, -0.15) is 0 Å². The van der Waals surface area contributed by atoms with E-state index in [9.17, 15) is 4.79 Å². The molecule has 1 heterocycles. The predicted octanol–water partition coefficient (Wildman–Crippen LogP) is 3.99. The Bertz CT molecular complexity index is 1480. The summed E-state index contributed by atoms with van der Waals surface area (Å²) in [6.45, 7) is -20.8. The maximum absolute atomic E-state index is 12.4. The molecule has 0 radical (unpaired) electrons. The molecule has 1 aromatic carbocycles. The van der Waals surface area contributed by atoms with Gasteiger partial charge < -0.3 is 15.5 Å². The first kappa shape index (κ1) is 6.16. The summed E-state index contributed by atoms with van der Waals surface area (Å²) < 4.78 is 194. The molecular formula is C20H30Cl2N4O. The Kier molecular flexibility index (Phi) is 2.25. The van der Waals surface area contributed by atoms with E-state index in [0.29, 0.717) is 0 Å². The van der Waals surface area contributed by atoms with Crippen LogP contribution in [0.15, 0.2) is 18.2 Å². The van der Waals surface area contributed by atoms with Crippen LogP contribution >= 0.6 is 23.2 Å². The zero-order chi connectivity index (χ0) is 39.7. The van der Waals surface area contributed by atoms with Crippen molar-refractivity contribution in [3.63, 3.8) is 0 Å². The molecule has 0 atom stereocenters. The molecule has 1 saturated heterocycles. The van der Waals surface area contributed by atoms with Crippen molar-refractivity contribution >= 4 is 34.9 Å². The Balaban J connectivity index is 2.28. The van der Waals surface area contributed by atoms with E-state index in [1.807, 2.05) is 0 Å². The van der Waals surface area contributed by atoms with Crippen LogP contribution in [0.5, 0.6) is 0 Å². The molecule has 3 rings (SSSR count). The van der Waals surface area contributed by atoms with E-state index in [-0.39, 0.29) is 9.92 Å². The molecule has 0 unspecified atom stereocenters. The first-order valence-corrected chi connectivity index (χ1v) is 8.12. The summed E-state index contributed by atoms with van der Waals surface area (Å²) in [5, 5.41) is 1.66. The third-order valence-corrected chi connectivity index (χ3v) is 3.97. The SMILES string of the molecule is [2H]C([2H])([2H])NC(=O)NC1([2H])C([2H])([2H])C([2H])([2H])C([2H])(C([2H])([2H])CN2C([2H])([2H])C([2H])([2H])N(c3cccc(Cl)c3Cl)C([2H])([2H])C2([2H])[2H])C([2H])([2H])C1([2H])[2H]. The Morgan fingerprint density at radius 3 is 2.74 bits per heavy atom. The molecule has 1 aromatic rings. The van der Waals surface area contributed by atoms with Gasteiger partial charge in [0.25, 0.3) is 0 Å². The molecule has 1 aliphatic carbocycles. The number of carbonyl (C=O) groups is 1. The van der Waals surface area contributed by atoms with Crippen molar-refractivity contribution in [1.82, 2.24) is 15.5 Å². The summed E-state index contributed by atoms with van der Waals surface area (Å²) in [5.74, 6) is -4.52. The minimum absolute atomic E-state index is 0.0441. The number of urea groups is 1. The summed E-state index contributed by atoms with van der Waals surface area (Å²) >= 11 is 12.1. The number of carbonyl (C=O) groups excluding carboxylic acids is 1. The Morgan fingerprint density at radius 2 is 2.04 bits per heavy atom. The van der Waals surface area contributed by atoms with Crippen LogP contribution < -0.4 is 15.5 Å². The van der Waals surface area contributed by atoms with Crippen LogP contribution in [0, 0.1) is 5.89 Å². The molecule has 1 aliphatic heterocycles. The summed E-state index contributed by atoms with van der Waals surface area (Å²) in [4.78, 5) is 11.9. The molecule has 2 fully saturated rings. The minimum Gasteiger partial charge on any atom is -0.368 e. The Labute approximate surface area is 204 Å². The lowest BCUT2D eigenvalue weighted by molar-refractivity contribution is 0.206. The summed E-state index contributed by atoms with van der Waals surface area (Å²) in [6, 6.07) is -2.87. The fourth-order valence-corrected chi connectivity index (χ4v) is 2.29. The number of nitrogens with one attached hydrogen (secondary N) is 2. The molecule has 7 heteroatoms. The largest absolute Gasteiger partial charge is 0.368 e. The number of hydrogen-bond donors (Lipinski definition) is 2. The quantitative estimate of drug-likeness (QED) is 0.734. The van der Waals surface area contributed by atoms with Crippen LogP contribution in [0.3, 0.4) is 0 Å². The van der Waals surface area contributed by atoms with Crippen molar-refractivity contribution < 1.29 is 36.3 Å². The van der Waals surface area contributed by atoms with Crippen molar-refractivity contribution in [2.45, 2.75) is 37.9 Å². The summed E-state index contributed by atoms with van der Waals surface area (Å²) in [7, 11) is 0. The molecule has 5 nitrogen and oxygen atoms in total. The van der Waals surface area contributed by atoms with Gasteiger partial charge in [0.05, 0.1) is 22.6 Å². The third-order valence-electron chi connectivity index (χ3n) is 3.16. The second kappa shape index (κ2) is 9.85. The highest BCUT2D eigenvalue weighted by molar-refractivity contribution is 6.43. The topological polar surface area (TPSA) is 47.6 Å². The molecule has 2 N–H and O–H groups in total. The second-order valence-corrected chi connectivity index (χ2v) is 5.73. The number of halogens is 2. The van der Waals surface area contributed by atoms with E-state index >= 15 is 0 Å². The van der Waals surface area contributed by atoms with E-state index in [0.717, 1.165) is 12.1 Å². The molecular weight excluding hydrogens is 383 g/mol. The maximum atomic E-state index is 12.4. The lowest BCUT2D eigenvalue weighted by atomic mass is 9.84. The average molecular weight is 437 g/mol. The van der Waals surface area contributed by atoms with Crippen LogP contribution in [0.4, 0.5) is 10.5 Å². The van der Waals surface area contributed by atoms with Crippen LogP contribution in [-0.4, -0.2) is 56.5 Å². The van der Waals surface area contributed by atoms with Crippen molar-refractivity contribution in [2.75, 3.05) is 44.4 Å². The first-order valence-electron chi connectivity index (χ1n) is 18.9. The van der Waals surface area contributed by atoms with Crippen LogP contribution in [0.1, 0.15) is 63.4 Å². The van der Waals surface area contributed by atoms with E-state index in [4.69, 9.17) is 54.7 Å². The van der Waals surface area contributed by atoms with Gasteiger partial charge in [-0.3, -0.25) is 4.90 Å². The fraction of sp³-hybridized carbons (Fsp3) is 0.650. The molecule has 0 bridgehead atoms. The predicted molar refractivity (Wildman–Crippen MR) is 113 cm³/mol. The molecule has 2 amide bonds. The molecule has 2 aliphatic rings. The van der Waals surface area contributed by atoms with Gasteiger partial charge >= 0.3 is 6.03 Å². The number of rotatable bonds is 5. The van der Waals surface area contributed by atoms with Crippen molar-refractivity contribution in [3.8, 4) is 0 Å². The number of piperazine rings is 1. The van der Waals surface area contributed by atoms with Gasteiger partial charge in [-0.25, -0.2) is 4.79 Å². The van der Waals surface area contributed by atoms with Gasteiger partial charge in [-0.15, -0.1) is 0 Å². The smallest absolute Gasteiger partial charge is 0.314 e. The van der Waals surface area contributed by atoms with Gasteiger partial charge in [-0.05, 0) is 56.4 Å². The standard InChI is InChI=1S/C20H30Cl2N4O/c1-23-20(27)24-16-7-5-15(6-8-16)9-10-25-11-13-26(14-12-25)18-4-2-3-17(21)19(18)22/h2-4,15-16H,5-14H2,1H3,(H2,23,24,27)/i1D3,5D2,6D2,7D2,8D2,9D2,11D2,12D2,13D2,14D2,15D,16D. The molecule has 0 aromatic heterocycles. The van der Waals surface area contributed by atoms with E-state index in [1.54, 1.807) is 0 Å². The summed E-state index contributed by atoms with van der Waals surface area (Å²) in [6.07, 6.45) is -22.0. The highest BCUT2D eigenvalue weighted by atomic mass is 35.5. The molecule has 150 valence electrons. The average Bonchev–Trinajstić information content (AvgIpc) is 2.90. The summed E-state index contributed by atoms with van der Waals surface area (Å²) in [5.41, 5.74) is -0.662. The van der Waals surface area contributed by atoms with E-state index < -0.39 is 105 Å². The second-order valence-electron chi connectivity index (χ2n) is 4.95. The van der Waals surface area contributed by atoms with Crippen LogP contribution in [0.2, 0.25) is 10.0 Å². The van der Waals surface area contributed by atoms with Crippen LogP contribution in [0.25, 0.3) is 0 Å². The van der Waals surface area contributed by atoms with Gasteiger partial charge in [0.15, 0.2) is 0 Å². The lowest BCUT2D eigenvalue weighted by Crippen LogP contribution is -2.47. The van der Waals surface area contributed by atoms with Crippen molar-refractivity contribution in [3.05, 3.63) is 28.2 Å². The minimum atomic E-state index is -4.52. The van der Waals surface area contributed by atoms with Gasteiger partial charge in [0, 0.05) is 63.7 Å². The zero-order valence-electron chi connectivity index (χ0n) is 36.5. The monoisotopic (exact) mass is 435 g/mol. The van der Waals surface area contributed by atoms with E-state index in [2.05, 4.69) is 0 Å². The zero-order valence-corrected chi connectivity index (χ0v) is 15.0. The normalized spacial score (nSPS) is 57.9. The number of hydrogen-bond acceptors (Lipinski definition) is 3.